The maximum atomic E-state index is 9.57. The number of nitrogens with zero attached hydrogens (tertiary/aromatic N) is 4. The fourth-order valence-corrected chi connectivity index (χ4v) is 3.24. The lowest BCUT2D eigenvalue weighted by Gasteiger charge is -2.49. The molecule has 0 radical (unpaired) electrons. The van der Waals surface area contributed by atoms with Crippen molar-refractivity contribution in [3.05, 3.63) is 29.8 Å². The number of hydrogen-bond donors (Lipinski definition) is 0. The molecule has 96 valence electrons. The lowest BCUT2D eigenvalue weighted by molar-refractivity contribution is 0.207. The highest BCUT2D eigenvalue weighted by molar-refractivity contribution is 5.60. The molecule has 1 fully saturated rings. The van der Waals surface area contributed by atoms with Crippen LogP contribution in [0.3, 0.4) is 0 Å². The third-order valence-electron chi connectivity index (χ3n) is 4.32. The van der Waals surface area contributed by atoms with Gasteiger partial charge in [-0.05, 0) is 18.7 Å². The SMILES string of the molecule is CN1CCN2c3ccccc3CC(C#N)(C#N)[C@H]2C1. The zero-order valence-electron chi connectivity index (χ0n) is 11.0. The Kier molecular flexibility index (Phi) is 2.69. The molecule has 1 aromatic rings. The van der Waals surface area contributed by atoms with Crippen LogP contribution < -0.4 is 4.90 Å². The van der Waals surface area contributed by atoms with E-state index in [-0.39, 0.29) is 6.04 Å². The van der Waals surface area contributed by atoms with Gasteiger partial charge in [0.25, 0.3) is 0 Å². The van der Waals surface area contributed by atoms with Crippen molar-refractivity contribution in [1.82, 2.24) is 4.90 Å². The van der Waals surface area contributed by atoms with Crippen molar-refractivity contribution in [2.24, 2.45) is 5.41 Å². The molecule has 0 bridgehead atoms. The summed E-state index contributed by atoms with van der Waals surface area (Å²) >= 11 is 0. The van der Waals surface area contributed by atoms with Gasteiger partial charge in [0, 0.05) is 31.7 Å². The van der Waals surface area contributed by atoms with Gasteiger partial charge in [-0.15, -0.1) is 0 Å². The van der Waals surface area contributed by atoms with Crippen molar-refractivity contribution < 1.29 is 0 Å². The van der Waals surface area contributed by atoms with E-state index in [2.05, 4.69) is 35.1 Å². The summed E-state index contributed by atoms with van der Waals surface area (Å²) in [5.41, 5.74) is 1.39. The Hall–Kier alpha value is -2.04. The Balaban J connectivity index is 2.13. The summed E-state index contributed by atoms with van der Waals surface area (Å²) in [7, 11) is 2.05. The van der Waals surface area contributed by atoms with Gasteiger partial charge in [-0.3, -0.25) is 0 Å². The summed E-state index contributed by atoms with van der Waals surface area (Å²) in [5, 5.41) is 19.1. The monoisotopic (exact) mass is 252 g/mol. The zero-order chi connectivity index (χ0) is 13.5. The topological polar surface area (TPSA) is 54.1 Å². The number of likely N-dealkylation sites (N-methyl/N-ethyl adjacent to an activating group) is 1. The highest BCUT2D eigenvalue weighted by Crippen LogP contribution is 2.41. The van der Waals surface area contributed by atoms with E-state index in [0.29, 0.717) is 6.42 Å². The van der Waals surface area contributed by atoms with Crippen molar-refractivity contribution in [1.29, 1.82) is 10.5 Å². The molecule has 2 aliphatic rings. The Labute approximate surface area is 113 Å². The van der Waals surface area contributed by atoms with Gasteiger partial charge in [-0.1, -0.05) is 18.2 Å². The van der Waals surface area contributed by atoms with E-state index in [1.165, 1.54) is 5.69 Å². The molecule has 1 saturated heterocycles. The third-order valence-corrected chi connectivity index (χ3v) is 4.32. The van der Waals surface area contributed by atoms with Crippen LogP contribution in [0.5, 0.6) is 0 Å². The smallest absolute Gasteiger partial charge is 0.169 e. The first-order chi connectivity index (χ1) is 9.20. The summed E-state index contributed by atoms with van der Waals surface area (Å²) in [4.78, 5) is 4.46. The molecule has 0 spiro atoms. The van der Waals surface area contributed by atoms with Gasteiger partial charge in [0.05, 0.1) is 18.2 Å². The number of para-hydroxylation sites is 1. The minimum Gasteiger partial charge on any atom is -0.363 e. The summed E-state index contributed by atoms with van der Waals surface area (Å²) in [6.45, 7) is 2.62. The minimum absolute atomic E-state index is 0.0313. The normalized spacial score (nSPS) is 24.8. The number of rotatable bonds is 0. The molecular weight excluding hydrogens is 236 g/mol. The molecule has 0 N–H and O–H groups in total. The van der Waals surface area contributed by atoms with Crippen LogP contribution in [0.15, 0.2) is 24.3 Å². The summed E-state index contributed by atoms with van der Waals surface area (Å²) < 4.78 is 0. The Morgan fingerprint density at radius 1 is 1.21 bits per heavy atom. The summed E-state index contributed by atoms with van der Waals surface area (Å²) in [6, 6.07) is 12.7. The molecule has 1 atom stereocenters. The second-order valence-corrected chi connectivity index (χ2v) is 5.47. The zero-order valence-corrected chi connectivity index (χ0v) is 11.0. The first-order valence-electron chi connectivity index (χ1n) is 6.56. The van der Waals surface area contributed by atoms with Crippen LogP contribution in [-0.2, 0) is 6.42 Å². The third kappa shape index (κ3) is 1.69. The highest BCUT2D eigenvalue weighted by atomic mass is 15.3. The van der Waals surface area contributed by atoms with Crippen LogP contribution >= 0.6 is 0 Å². The number of hydrogen-bond acceptors (Lipinski definition) is 4. The first kappa shape index (κ1) is 12.0. The molecule has 0 aliphatic carbocycles. The van der Waals surface area contributed by atoms with Crippen molar-refractivity contribution in [2.75, 3.05) is 31.6 Å². The predicted octanol–water partition coefficient (Wildman–Crippen LogP) is 1.40. The van der Waals surface area contributed by atoms with Crippen molar-refractivity contribution >= 4 is 5.69 Å². The van der Waals surface area contributed by atoms with Gasteiger partial charge in [0.15, 0.2) is 5.41 Å². The van der Waals surface area contributed by atoms with E-state index in [1.54, 1.807) is 0 Å². The molecule has 3 rings (SSSR count). The van der Waals surface area contributed by atoms with Crippen LogP contribution in [0.25, 0.3) is 0 Å². The van der Waals surface area contributed by atoms with Gasteiger partial charge >= 0.3 is 0 Å². The summed E-state index contributed by atoms with van der Waals surface area (Å²) in [5.74, 6) is 0. The number of benzene rings is 1. The Bertz CT molecular complexity index is 567. The van der Waals surface area contributed by atoms with E-state index in [1.807, 2.05) is 18.2 Å². The standard InChI is InChI=1S/C15H16N4/c1-18-6-7-19-13-5-3-2-4-12(13)8-15(10-16,11-17)14(19)9-18/h2-5,14H,6-9H2,1H3/t14-/m1/s1. The molecule has 0 unspecified atom stereocenters. The largest absolute Gasteiger partial charge is 0.363 e. The van der Waals surface area contributed by atoms with Gasteiger partial charge in [-0.2, -0.15) is 10.5 Å². The maximum absolute atomic E-state index is 9.57. The fraction of sp³-hybridized carbons (Fsp3) is 0.467. The van der Waals surface area contributed by atoms with E-state index >= 15 is 0 Å². The lowest BCUT2D eigenvalue weighted by atomic mass is 9.72. The van der Waals surface area contributed by atoms with Crippen LogP contribution in [0.2, 0.25) is 0 Å². The average Bonchev–Trinajstić information content (AvgIpc) is 2.46. The van der Waals surface area contributed by atoms with E-state index in [0.717, 1.165) is 25.2 Å². The van der Waals surface area contributed by atoms with Gasteiger partial charge in [0.2, 0.25) is 0 Å². The Morgan fingerprint density at radius 2 is 1.95 bits per heavy atom. The second-order valence-electron chi connectivity index (χ2n) is 5.47. The predicted molar refractivity (Wildman–Crippen MR) is 72.4 cm³/mol. The molecule has 2 aliphatic heterocycles. The van der Waals surface area contributed by atoms with Crippen molar-refractivity contribution in [3.63, 3.8) is 0 Å². The molecular formula is C15H16N4. The average molecular weight is 252 g/mol. The summed E-state index contributed by atoms with van der Waals surface area (Å²) in [6.07, 6.45) is 0.533. The number of nitriles is 2. The van der Waals surface area contributed by atoms with Crippen LogP contribution in [0.4, 0.5) is 5.69 Å². The lowest BCUT2D eigenvalue weighted by Crippen LogP contribution is -2.61. The molecule has 0 aromatic heterocycles. The number of anilines is 1. The number of piperazine rings is 1. The molecule has 4 heteroatoms. The minimum atomic E-state index is -0.928. The van der Waals surface area contributed by atoms with Gasteiger partial charge < -0.3 is 9.80 Å². The van der Waals surface area contributed by atoms with Crippen molar-refractivity contribution in [3.8, 4) is 12.1 Å². The van der Waals surface area contributed by atoms with Crippen LogP contribution in [0.1, 0.15) is 5.56 Å². The Morgan fingerprint density at radius 3 is 2.68 bits per heavy atom. The molecule has 2 heterocycles. The first-order valence-corrected chi connectivity index (χ1v) is 6.56. The quantitative estimate of drug-likeness (QED) is 0.700. The van der Waals surface area contributed by atoms with Crippen molar-refractivity contribution in [2.45, 2.75) is 12.5 Å². The molecule has 19 heavy (non-hydrogen) atoms. The highest BCUT2D eigenvalue weighted by Gasteiger charge is 2.49. The molecule has 4 nitrogen and oxygen atoms in total. The van der Waals surface area contributed by atoms with E-state index in [4.69, 9.17) is 0 Å². The van der Waals surface area contributed by atoms with Gasteiger partial charge in [0.1, 0.15) is 0 Å². The number of fused-ring (bicyclic) bond motifs is 3. The van der Waals surface area contributed by atoms with Crippen LogP contribution in [-0.4, -0.2) is 37.6 Å². The second kappa shape index (κ2) is 4.26. The molecule has 1 aromatic carbocycles. The van der Waals surface area contributed by atoms with Crippen LogP contribution in [0, 0.1) is 28.1 Å². The maximum Gasteiger partial charge on any atom is 0.169 e. The fourth-order valence-electron chi connectivity index (χ4n) is 3.24. The molecule has 0 amide bonds. The van der Waals surface area contributed by atoms with Gasteiger partial charge in [-0.25, -0.2) is 0 Å². The van der Waals surface area contributed by atoms with E-state index < -0.39 is 5.41 Å². The van der Waals surface area contributed by atoms with E-state index in [9.17, 15) is 10.5 Å². The molecule has 0 saturated carbocycles.